The molecule has 108 valence electrons. The first-order valence-corrected chi connectivity index (χ1v) is 6.94. The van der Waals surface area contributed by atoms with E-state index in [2.05, 4.69) is 6.92 Å². The zero-order valence-electron chi connectivity index (χ0n) is 11.1. The highest BCUT2D eigenvalue weighted by Crippen LogP contribution is 2.22. The smallest absolute Gasteiger partial charge is 0.186 e. The Balaban J connectivity index is 2.05. The second kappa shape index (κ2) is 8.82. The molecule has 0 aromatic heterocycles. The molecule has 18 heavy (non-hydrogen) atoms. The van der Waals surface area contributed by atoms with E-state index in [1.165, 1.54) is 25.7 Å². The van der Waals surface area contributed by atoms with Gasteiger partial charge in [0.1, 0.15) is 18.3 Å². The van der Waals surface area contributed by atoms with Gasteiger partial charge in [0.05, 0.1) is 6.61 Å². The Labute approximate surface area is 109 Å². The van der Waals surface area contributed by atoms with Gasteiger partial charge in [-0.1, -0.05) is 39.0 Å². The average Bonchev–Trinajstić information content (AvgIpc) is 2.65. The van der Waals surface area contributed by atoms with E-state index < -0.39 is 24.6 Å². The van der Waals surface area contributed by atoms with Gasteiger partial charge in [-0.15, -0.1) is 0 Å². The van der Waals surface area contributed by atoms with Crippen LogP contribution in [0.3, 0.4) is 0 Å². The summed E-state index contributed by atoms with van der Waals surface area (Å²) in [5.41, 5.74) is 0. The Hall–Kier alpha value is -0.200. The van der Waals surface area contributed by atoms with E-state index in [9.17, 15) is 10.2 Å². The SMILES string of the molecule is CCCCCCCCO[C@H]1O[C@H](CO)[C@H](O)[C@H]1O. The van der Waals surface area contributed by atoms with Crippen molar-refractivity contribution in [2.45, 2.75) is 70.1 Å². The molecule has 1 fully saturated rings. The van der Waals surface area contributed by atoms with E-state index in [0.29, 0.717) is 6.61 Å². The van der Waals surface area contributed by atoms with Gasteiger partial charge in [-0.25, -0.2) is 0 Å². The summed E-state index contributed by atoms with van der Waals surface area (Å²) in [5.74, 6) is 0. The van der Waals surface area contributed by atoms with Crippen LogP contribution < -0.4 is 0 Å². The van der Waals surface area contributed by atoms with E-state index in [4.69, 9.17) is 14.6 Å². The quantitative estimate of drug-likeness (QED) is 0.536. The highest BCUT2D eigenvalue weighted by molar-refractivity contribution is 4.86. The van der Waals surface area contributed by atoms with Crippen molar-refractivity contribution in [2.75, 3.05) is 13.2 Å². The number of unbranched alkanes of at least 4 members (excludes halogenated alkanes) is 5. The molecule has 1 rings (SSSR count). The van der Waals surface area contributed by atoms with Crippen molar-refractivity contribution in [3.05, 3.63) is 0 Å². The summed E-state index contributed by atoms with van der Waals surface area (Å²) < 4.78 is 10.6. The van der Waals surface area contributed by atoms with Crippen LogP contribution in [0.25, 0.3) is 0 Å². The summed E-state index contributed by atoms with van der Waals surface area (Å²) in [7, 11) is 0. The molecule has 3 N–H and O–H groups in total. The minimum Gasteiger partial charge on any atom is -0.394 e. The van der Waals surface area contributed by atoms with E-state index in [1.54, 1.807) is 0 Å². The van der Waals surface area contributed by atoms with Gasteiger partial charge in [0.25, 0.3) is 0 Å². The first-order valence-electron chi connectivity index (χ1n) is 6.94. The number of hydrogen-bond acceptors (Lipinski definition) is 5. The molecule has 5 nitrogen and oxygen atoms in total. The lowest BCUT2D eigenvalue weighted by molar-refractivity contribution is -0.169. The zero-order valence-corrected chi connectivity index (χ0v) is 11.1. The molecule has 1 aliphatic rings. The topological polar surface area (TPSA) is 79.2 Å². The first kappa shape index (κ1) is 15.9. The maximum atomic E-state index is 9.62. The molecule has 0 spiro atoms. The fourth-order valence-electron chi connectivity index (χ4n) is 2.08. The monoisotopic (exact) mass is 262 g/mol. The lowest BCUT2D eigenvalue weighted by Crippen LogP contribution is -2.34. The minimum absolute atomic E-state index is 0.310. The Morgan fingerprint density at radius 3 is 2.28 bits per heavy atom. The molecule has 0 aromatic rings. The number of rotatable bonds is 9. The average molecular weight is 262 g/mol. The van der Waals surface area contributed by atoms with E-state index in [1.807, 2.05) is 0 Å². The Bertz CT molecular complexity index is 212. The zero-order chi connectivity index (χ0) is 13.4. The summed E-state index contributed by atoms with van der Waals surface area (Å²) in [5, 5.41) is 28.0. The van der Waals surface area contributed by atoms with Crippen molar-refractivity contribution in [1.82, 2.24) is 0 Å². The molecule has 0 aromatic carbocycles. The van der Waals surface area contributed by atoms with Crippen molar-refractivity contribution in [3.63, 3.8) is 0 Å². The van der Waals surface area contributed by atoms with Gasteiger partial charge in [0, 0.05) is 6.61 Å². The van der Waals surface area contributed by atoms with Crippen molar-refractivity contribution < 1.29 is 24.8 Å². The van der Waals surface area contributed by atoms with Crippen molar-refractivity contribution >= 4 is 0 Å². The van der Waals surface area contributed by atoms with Gasteiger partial charge in [0.15, 0.2) is 6.29 Å². The molecule has 5 heteroatoms. The van der Waals surface area contributed by atoms with E-state index >= 15 is 0 Å². The van der Waals surface area contributed by atoms with Crippen LogP contribution in [0, 0.1) is 0 Å². The number of aliphatic hydroxyl groups is 3. The Morgan fingerprint density at radius 1 is 1.00 bits per heavy atom. The highest BCUT2D eigenvalue weighted by atomic mass is 16.7. The van der Waals surface area contributed by atoms with Crippen LogP contribution in [0.4, 0.5) is 0 Å². The fourth-order valence-corrected chi connectivity index (χ4v) is 2.08. The minimum atomic E-state index is -1.07. The maximum absolute atomic E-state index is 9.62. The van der Waals surface area contributed by atoms with E-state index in [-0.39, 0.29) is 6.61 Å². The van der Waals surface area contributed by atoms with Gasteiger partial charge >= 0.3 is 0 Å². The number of aliphatic hydroxyl groups excluding tert-OH is 3. The van der Waals surface area contributed by atoms with Gasteiger partial charge in [-0.3, -0.25) is 0 Å². The molecule has 0 radical (unpaired) electrons. The molecule has 1 heterocycles. The lowest BCUT2D eigenvalue weighted by Gasteiger charge is -2.15. The van der Waals surface area contributed by atoms with Gasteiger partial charge in [0.2, 0.25) is 0 Å². The van der Waals surface area contributed by atoms with Crippen LogP contribution in [-0.4, -0.2) is 53.1 Å². The van der Waals surface area contributed by atoms with Gasteiger partial charge < -0.3 is 24.8 Å². The molecule has 0 amide bonds. The third kappa shape index (κ3) is 4.82. The van der Waals surface area contributed by atoms with Crippen LogP contribution in [0.2, 0.25) is 0 Å². The molecular weight excluding hydrogens is 236 g/mol. The lowest BCUT2D eigenvalue weighted by atomic mass is 10.1. The van der Waals surface area contributed by atoms with E-state index in [0.717, 1.165) is 12.8 Å². The second-order valence-corrected chi connectivity index (χ2v) is 4.85. The van der Waals surface area contributed by atoms with Crippen LogP contribution in [-0.2, 0) is 9.47 Å². The van der Waals surface area contributed by atoms with Crippen molar-refractivity contribution in [3.8, 4) is 0 Å². The van der Waals surface area contributed by atoms with Crippen LogP contribution in [0.5, 0.6) is 0 Å². The largest absolute Gasteiger partial charge is 0.394 e. The van der Waals surface area contributed by atoms with Crippen molar-refractivity contribution in [1.29, 1.82) is 0 Å². The highest BCUT2D eigenvalue weighted by Gasteiger charge is 2.42. The molecule has 4 atom stereocenters. The van der Waals surface area contributed by atoms with Crippen molar-refractivity contribution in [2.24, 2.45) is 0 Å². The van der Waals surface area contributed by atoms with Crippen LogP contribution in [0.1, 0.15) is 45.4 Å². The summed E-state index contributed by atoms with van der Waals surface area (Å²) >= 11 is 0. The standard InChI is InChI=1S/C13H26O5/c1-2-3-4-5-6-7-8-17-13-12(16)11(15)10(9-14)18-13/h10-16H,2-9H2,1H3/t10-,11+,12-,13+/m1/s1. The molecule has 0 aliphatic carbocycles. The summed E-state index contributed by atoms with van der Waals surface area (Å²) in [6.45, 7) is 2.39. The molecule has 0 unspecified atom stereocenters. The predicted octanol–water partition coefficient (Wildman–Crippen LogP) is 0.802. The Kier molecular flexibility index (Phi) is 7.77. The third-order valence-electron chi connectivity index (χ3n) is 3.28. The number of ether oxygens (including phenoxy) is 2. The molecule has 0 saturated carbocycles. The maximum Gasteiger partial charge on any atom is 0.186 e. The molecule has 1 saturated heterocycles. The first-order chi connectivity index (χ1) is 8.70. The normalized spacial score (nSPS) is 32.0. The fraction of sp³-hybridized carbons (Fsp3) is 1.00. The summed E-state index contributed by atoms with van der Waals surface area (Å²) in [6.07, 6.45) is 3.31. The Morgan fingerprint density at radius 2 is 1.67 bits per heavy atom. The molecule has 0 bridgehead atoms. The van der Waals surface area contributed by atoms with Crippen LogP contribution >= 0.6 is 0 Å². The second-order valence-electron chi connectivity index (χ2n) is 4.85. The van der Waals surface area contributed by atoms with Gasteiger partial charge in [-0.2, -0.15) is 0 Å². The number of hydrogen-bond donors (Lipinski definition) is 3. The third-order valence-corrected chi connectivity index (χ3v) is 3.28. The van der Waals surface area contributed by atoms with Crippen LogP contribution in [0.15, 0.2) is 0 Å². The summed E-state index contributed by atoms with van der Waals surface area (Å²) in [4.78, 5) is 0. The molecule has 1 aliphatic heterocycles. The summed E-state index contributed by atoms with van der Waals surface area (Å²) in [6, 6.07) is 0. The predicted molar refractivity (Wildman–Crippen MR) is 67.1 cm³/mol. The van der Waals surface area contributed by atoms with Gasteiger partial charge in [-0.05, 0) is 6.42 Å². The molecular formula is C13H26O5.